The number of allylic oxidation sites excluding steroid dienone is 1. The number of benzene rings is 2. The zero-order chi connectivity index (χ0) is 23.1. The van der Waals surface area contributed by atoms with Gasteiger partial charge in [-0.05, 0) is 42.0 Å². The maximum atomic E-state index is 12.1. The number of anilines is 1. The topological polar surface area (TPSA) is 116 Å². The second-order valence-electron chi connectivity index (χ2n) is 9.30. The highest BCUT2D eigenvalue weighted by Crippen LogP contribution is 2.45. The highest BCUT2D eigenvalue weighted by molar-refractivity contribution is 6.10. The lowest BCUT2D eigenvalue weighted by atomic mass is 9.88. The van der Waals surface area contributed by atoms with Gasteiger partial charge in [0.05, 0.1) is 18.3 Å². The van der Waals surface area contributed by atoms with Crippen molar-refractivity contribution in [2.45, 2.75) is 31.1 Å². The number of nitrogens with two attached hydrogens (primary N) is 1. The average molecular weight is 454 g/mol. The molecule has 172 valence electrons. The number of carbonyl (C=O) groups is 1. The summed E-state index contributed by atoms with van der Waals surface area (Å²) in [6.07, 6.45) is 7.47. The van der Waals surface area contributed by atoms with E-state index in [1.807, 2.05) is 18.2 Å². The summed E-state index contributed by atoms with van der Waals surface area (Å²) in [5.41, 5.74) is 9.18. The second kappa shape index (κ2) is 8.44. The first-order chi connectivity index (χ1) is 16.6. The lowest BCUT2D eigenvalue weighted by molar-refractivity contribution is -0.122. The van der Waals surface area contributed by atoms with Gasteiger partial charge in [-0.3, -0.25) is 9.79 Å². The van der Waals surface area contributed by atoms with Gasteiger partial charge < -0.3 is 21.7 Å². The minimum atomic E-state index is -0.305. The third-order valence-corrected chi connectivity index (χ3v) is 7.08. The van der Waals surface area contributed by atoms with E-state index in [1.165, 1.54) is 11.1 Å². The zero-order valence-corrected chi connectivity index (χ0v) is 18.6. The van der Waals surface area contributed by atoms with Gasteiger partial charge in [0.1, 0.15) is 11.9 Å². The highest BCUT2D eigenvalue weighted by Gasteiger charge is 2.48. The van der Waals surface area contributed by atoms with Gasteiger partial charge >= 0.3 is 0 Å². The molecule has 0 spiro atoms. The Balaban J connectivity index is 1.20. The number of nitrogens with one attached hydrogen (secondary N) is 3. The van der Waals surface area contributed by atoms with E-state index < -0.39 is 0 Å². The monoisotopic (exact) mass is 453 g/mol. The first-order valence-electron chi connectivity index (χ1n) is 11.7. The molecule has 5 N–H and O–H groups in total. The lowest BCUT2D eigenvalue weighted by Gasteiger charge is -2.29. The van der Waals surface area contributed by atoms with Gasteiger partial charge in [0, 0.05) is 11.6 Å². The second-order valence-corrected chi connectivity index (χ2v) is 9.30. The molecule has 0 radical (unpaired) electrons. The summed E-state index contributed by atoms with van der Waals surface area (Å²) in [7, 11) is 0. The molecule has 6 rings (SSSR count). The zero-order valence-electron chi connectivity index (χ0n) is 18.6. The minimum absolute atomic E-state index is 0.158. The maximum Gasteiger partial charge on any atom is 0.223 e. The number of amidine groups is 1. The van der Waals surface area contributed by atoms with E-state index in [-0.39, 0.29) is 41.9 Å². The van der Waals surface area contributed by atoms with Crippen LogP contribution in [0, 0.1) is 17.8 Å². The summed E-state index contributed by atoms with van der Waals surface area (Å²) in [4.78, 5) is 26.3. The molecule has 1 saturated carbocycles. The molecule has 1 amide bonds. The number of primary amides is 1. The summed E-state index contributed by atoms with van der Waals surface area (Å²) in [5.74, 6) is 1.20. The number of nitrogens with zero attached hydrogens (tertiary/aromatic N) is 3. The van der Waals surface area contributed by atoms with Crippen molar-refractivity contribution in [1.82, 2.24) is 10.6 Å². The first kappa shape index (κ1) is 20.7. The van der Waals surface area contributed by atoms with Crippen LogP contribution in [0.15, 0.2) is 81.7 Å². The number of guanidine groups is 1. The smallest absolute Gasteiger partial charge is 0.223 e. The van der Waals surface area contributed by atoms with Crippen molar-refractivity contribution in [1.29, 1.82) is 0 Å². The van der Waals surface area contributed by atoms with Crippen molar-refractivity contribution in [2.24, 2.45) is 38.5 Å². The van der Waals surface area contributed by atoms with Gasteiger partial charge in [-0.1, -0.05) is 54.6 Å². The Labute approximate surface area is 198 Å². The number of hydrogen-bond acceptors (Lipinski definition) is 6. The predicted octanol–water partition coefficient (Wildman–Crippen LogP) is 2.05. The molecule has 2 heterocycles. The molecule has 0 aromatic heterocycles. The van der Waals surface area contributed by atoms with E-state index in [0.717, 1.165) is 24.4 Å². The summed E-state index contributed by atoms with van der Waals surface area (Å²) >= 11 is 0. The number of amides is 1. The molecule has 8 nitrogen and oxygen atoms in total. The number of aliphatic imine (C=N–C) groups is 3. The van der Waals surface area contributed by atoms with E-state index in [1.54, 1.807) is 6.34 Å². The van der Waals surface area contributed by atoms with Crippen molar-refractivity contribution in [3.05, 3.63) is 77.9 Å². The van der Waals surface area contributed by atoms with Gasteiger partial charge in [0.15, 0.2) is 6.17 Å². The van der Waals surface area contributed by atoms with Crippen LogP contribution in [0.1, 0.15) is 17.5 Å². The molecule has 2 aromatic rings. The molecule has 2 aliphatic carbocycles. The third-order valence-electron chi connectivity index (χ3n) is 7.08. The fourth-order valence-corrected chi connectivity index (χ4v) is 5.43. The van der Waals surface area contributed by atoms with Gasteiger partial charge in [-0.25, -0.2) is 9.98 Å². The van der Waals surface area contributed by atoms with Crippen molar-refractivity contribution < 1.29 is 4.79 Å². The molecule has 6 atom stereocenters. The van der Waals surface area contributed by atoms with Gasteiger partial charge in [-0.2, -0.15) is 0 Å². The summed E-state index contributed by atoms with van der Waals surface area (Å²) in [6, 6.07) is 18.4. The van der Waals surface area contributed by atoms with Crippen LogP contribution >= 0.6 is 0 Å². The van der Waals surface area contributed by atoms with Gasteiger partial charge in [0.2, 0.25) is 11.9 Å². The molecule has 2 aliphatic heterocycles. The van der Waals surface area contributed by atoms with E-state index in [0.29, 0.717) is 5.96 Å². The van der Waals surface area contributed by atoms with Crippen molar-refractivity contribution in [2.75, 3.05) is 5.32 Å². The minimum Gasteiger partial charge on any atom is -0.369 e. The van der Waals surface area contributed by atoms with Crippen LogP contribution in [0.2, 0.25) is 0 Å². The molecule has 2 bridgehead atoms. The maximum absolute atomic E-state index is 12.1. The Bertz CT molecular complexity index is 1200. The van der Waals surface area contributed by atoms with Crippen LogP contribution in [-0.4, -0.2) is 42.3 Å². The largest absolute Gasteiger partial charge is 0.369 e. The Morgan fingerprint density at radius 2 is 1.82 bits per heavy atom. The van der Waals surface area contributed by atoms with E-state index in [9.17, 15) is 4.79 Å². The lowest BCUT2D eigenvalue weighted by Crippen LogP contribution is -2.55. The molecule has 6 unspecified atom stereocenters. The molecule has 8 heteroatoms. The fourth-order valence-electron chi connectivity index (χ4n) is 5.43. The molecule has 0 saturated heterocycles. The molecule has 2 aromatic carbocycles. The third kappa shape index (κ3) is 3.85. The Morgan fingerprint density at radius 1 is 1.06 bits per heavy atom. The Kier molecular flexibility index (Phi) is 5.13. The summed E-state index contributed by atoms with van der Waals surface area (Å²) < 4.78 is 0. The molecule has 1 fully saturated rings. The fraction of sp³-hybridized carbons (Fsp3) is 0.308. The van der Waals surface area contributed by atoms with Crippen molar-refractivity contribution in [3.63, 3.8) is 0 Å². The van der Waals surface area contributed by atoms with Crippen molar-refractivity contribution in [3.8, 4) is 0 Å². The predicted molar refractivity (Wildman–Crippen MR) is 134 cm³/mol. The van der Waals surface area contributed by atoms with E-state index in [4.69, 9.17) is 15.7 Å². The van der Waals surface area contributed by atoms with Crippen LogP contribution in [-0.2, 0) is 11.2 Å². The number of fused-ring (bicyclic) bond motifs is 3. The number of carbonyl (C=O) groups excluding carboxylic acids is 1. The summed E-state index contributed by atoms with van der Waals surface area (Å²) in [5, 5.41) is 9.93. The van der Waals surface area contributed by atoms with Crippen LogP contribution < -0.4 is 21.7 Å². The van der Waals surface area contributed by atoms with E-state index in [2.05, 4.69) is 69.5 Å². The van der Waals surface area contributed by atoms with Gasteiger partial charge in [-0.15, -0.1) is 0 Å². The number of hydrogen-bond donors (Lipinski definition) is 4. The molecule has 4 aliphatic rings. The number of rotatable bonds is 5. The highest BCUT2D eigenvalue weighted by atomic mass is 16.1. The standard InChI is InChI=1S/C26H27N7O/c27-23(34)20-17-8-9-18(13-17)21(20)31-25-22-24(29-14-28-22)32-26(33-25)30-19-10-6-16(7-11-19)12-15-4-2-1-3-5-15/h1-11,14,17-18,20-22,24H,12-13H2,(H2,27,34)(H,28,29)(H2,30,31,32,33). The van der Waals surface area contributed by atoms with Crippen LogP contribution in [0.25, 0.3) is 0 Å². The normalized spacial score (nSPS) is 31.6. The first-order valence-corrected chi connectivity index (χ1v) is 11.7. The van der Waals surface area contributed by atoms with Crippen LogP contribution in [0.5, 0.6) is 0 Å². The Morgan fingerprint density at radius 3 is 2.62 bits per heavy atom. The SMILES string of the molecule is NC(=O)C1C2C=CC(C2)C1N=C1NC(Nc2ccc(Cc3ccccc3)cc2)=NC2N=CNC12. The average Bonchev–Trinajstić information content (AvgIpc) is 3.57. The molecule has 34 heavy (non-hydrogen) atoms. The Hall–Kier alpha value is -3.94. The van der Waals surface area contributed by atoms with E-state index >= 15 is 0 Å². The quantitative estimate of drug-likeness (QED) is 0.519. The van der Waals surface area contributed by atoms with Gasteiger partial charge in [0.25, 0.3) is 0 Å². The summed E-state index contributed by atoms with van der Waals surface area (Å²) in [6.45, 7) is 0. The van der Waals surface area contributed by atoms with Crippen LogP contribution in [0.4, 0.5) is 5.69 Å². The molecular formula is C26H27N7O. The van der Waals surface area contributed by atoms with Crippen LogP contribution in [0.3, 0.4) is 0 Å². The molecular weight excluding hydrogens is 426 g/mol. The van der Waals surface area contributed by atoms with Crippen molar-refractivity contribution >= 4 is 29.7 Å².